The highest BCUT2D eigenvalue weighted by molar-refractivity contribution is 5.76. The van der Waals surface area contributed by atoms with E-state index < -0.39 is 6.10 Å². The van der Waals surface area contributed by atoms with E-state index in [9.17, 15) is 15.0 Å². The van der Waals surface area contributed by atoms with Gasteiger partial charge in [0.15, 0.2) is 0 Å². The first-order valence-corrected chi connectivity index (χ1v) is 8.04. The van der Waals surface area contributed by atoms with E-state index in [0.717, 1.165) is 32.5 Å². The quantitative estimate of drug-likeness (QED) is 0.747. The fourth-order valence-electron chi connectivity index (χ4n) is 2.87. The highest BCUT2D eigenvalue weighted by Crippen LogP contribution is 2.20. The Hall–Kier alpha value is -1.59. The summed E-state index contributed by atoms with van der Waals surface area (Å²) in [5, 5.41) is 22.1. The van der Waals surface area contributed by atoms with Crippen LogP contribution < -0.4 is 5.32 Å². The summed E-state index contributed by atoms with van der Waals surface area (Å²) < 4.78 is 0. The van der Waals surface area contributed by atoms with Crippen molar-refractivity contribution in [3.63, 3.8) is 0 Å². The zero-order chi connectivity index (χ0) is 15.9. The number of piperidine rings is 1. The second-order valence-electron chi connectivity index (χ2n) is 5.99. The largest absolute Gasteiger partial charge is 0.508 e. The van der Waals surface area contributed by atoms with Gasteiger partial charge in [-0.3, -0.25) is 4.79 Å². The molecular weight excluding hydrogens is 280 g/mol. The molecule has 5 nitrogen and oxygen atoms in total. The molecular formula is C17H26N2O3. The predicted molar refractivity (Wildman–Crippen MR) is 85.5 cm³/mol. The fraction of sp³-hybridized carbons (Fsp3) is 0.588. The maximum absolute atomic E-state index is 12.0. The average Bonchev–Trinajstić information content (AvgIpc) is 2.54. The standard InChI is InChI=1S/C17H26N2O3/c1-2-19-9-7-13(8-10-19)11-17(22)18-12-16(21)14-3-5-15(20)6-4-14/h3-6,13,16,20-21H,2,7-12H2,1H3,(H,18,22). The Labute approximate surface area is 131 Å². The van der Waals surface area contributed by atoms with Gasteiger partial charge in [0, 0.05) is 13.0 Å². The number of nitrogens with zero attached hydrogens (tertiary/aromatic N) is 1. The van der Waals surface area contributed by atoms with E-state index in [2.05, 4.69) is 17.1 Å². The minimum absolute atomic E-state index is 0.00720. The van der Waals surface area contributed by atoms with Gasteiger partial charge >= 0.3 is 0 Å². The summed E-state index contributed by atoms with van der Waals surface area (Å²) in [5.74, 6) is 0.625. The smallest absolute Gasteiger partial charge is 0.220 e. The van der Waals surface area contributed by atoms with Gasteiger partial charge in [0.2, 0.25) is 5.91 Å². The average molecular weight is 306 g/mol. The van der Waals surface area contributed by atoms with Gasteiger partial charge in [-0.15, -0.1) is 0 Å². The molecule has 1 fully saturated rings. The number of phenols is 1. The molecule has 1 aromatic rings. The molecule has 0 saturated carbocycles. The monoisotopic (exact) mass is 306 g/mol. The normalized spacial score (nSPS) is 18.1. The molecule has 1 aromatic carbocycles. The molecule has 1 saturated heterocycles. The van der Waals surface area contributed by atoms with Gasteiger partial charge in [-0.05, 0) is 56.1 Å². The summed E-state index contributed by atoms with van der Waals surface area (Å²) >= 11 is 0. The first-order chi connectivity index (χ1) is 10.6. The van der Waals surface area contributed by atoms with Gasteiger partial charge in [-0.25, -0.2) is 0 Å². The summed E-state index contributed by atoms with van der Waals surface area (Å²) in [7, 11) is 0. The lowest BCUT2D eigenvalue weighted by molar-refractivity contribution is -0.122. The summed E-state index contributed by atoms with van der Waals surface area (Å²) in [6.45, 7) is 5.60. The van der Waals surface area contributed by atoms with E-state index >= 15 is 0 Å². The molecule has 0 bridgehead atoms. The number of likely N-dealkylation sites (tertiary alicyclic amines) is 1. The number of hydrogen-bond donors (Lipinski definition) is 3. The molecule has 0 radical (unpaired) electrons. The highest BCUT2D eigenvalue weighted by atomic mass is 16.3. The minimum Gasteiger partial charge on any atom is -0.508 e. The van der Waals surface area contributed by atoms with Crippen molar-refractivity contribution in [2.45, 2.75) is 32.3 Å². The zero-order valence-electron chi connectivity index (χ0n) is 13.2. The number of aliphatic hydroxyl groups excluding tert-OH is 1. The van der Waals surface area contributed by atoms with Crippen molar-refractivity contribution in [2.24, 2.45) is 5.92 Å². The van der Waals surface area contributed by atoms with Crippen molar-refractivity contribution in [3.8, 4) is 5.75 Å². The number of phenolic OH excluding ortho intramolecular Hbond substituents is 1. The Morgan fingerprint density at radius 3 is 2.55 bits per heavy atom. The SMILES string of the molecule is CCN1CCC(CC(=O)NCC(O)c2ccc(O)cc2)CC1. The van der Waals surface area contributed by atoms with Gasteiger partial charge in [-0.1, -0.05) is 19.1 Å². The molecule has 0 spiro atoms. The Kier molecular flexibility index (Phi) is 6.21. The highest BCUT2D eigenvalue weighted by Gasteiger charge is 2.20. The molecule has 0 aromatic heterocycles. The zero-order valence-corrected chi connectivity index (χ0v) is 13.2. The molecule has 22 heavy (non-hydrogen) atoms. The van der Waals surface area contributed by atoms with E-state index in [4.69, 9.17) is 0 Å². The molecule has 1 aliphatic rings. The minimum atomic E-state index is -0.744. The number of aromatic hydroxyl groups is 1. The Balaban J connectivity index is 1.70. The maximum atomic E-state index is 12.0. The molecule has 2 rings (SSSR count). The Morgan fingerprint density at radius 2 is 1.95 bits per heavy atom. The number of amides is 1. The maximum Gasteiger partial charge on any atom is 0.220 e. The number of hydrogen-bond acceptors (Lipinski definition) is 4. The number of aliphatic hydroxyl groups is 1. The van der Waals surface area contributed by atoms with Crippen LogP contribution in [0.5, 0.6) is 5.75 Å². The summed E-state index contributed by atoms with van der Waals surface area (Å²) in [4.78, 5) is 14.4. The number of carbonyl (C=O) groups excluding carboxylic acids is 1. The van der Waals surface area contributed by atoms with Gasteiger partial charge in [0.1, 0.15) is 5.75 Å². The van der Waals surface area contributed by atoms with Crippen LogP contribution in [0.2, 0.25) is 0 Å². The van der Waals surface area contributed by atoms with Crippen LogP contribution in [-0.4, -0.2) is 47.2 Å². The molecule has 1 aliphatic heterocycles. The van der Waals surface area contributed by atoms with E-state index in [1.165, 1.54) is 12.1 Å². The van der Waals surface area contributed by atoms with Crippen molar-refractivity contribution >= 4 is 5.91 Å². The number of benzene rings is 1. The van der Waals surface area contributed by atoms with Crippen LogP contribution in [0.15, 0.2) is 24.3 Å². The molecule has 5 heteroatoms. The van der Waals surface area contributed by atoms with Crippen LogP contribution >= 0.6 is 0 Å². The molecule has 122 valence electrons. The Bertz CT molecular complexity index is 467. The number of rotatable bonds is 6. The predicted octanol–water partition coefficient (Wildman–Crippen LogP) is 1.66. The van der Waals surface area contributed by atoms with Gasteiger partial charge in [0.25, 0.3) is 0 Å². The second kappa shape index (κ2) is 8.15. The van der Waals surface area contributed by atoms with Crippen molar-refractivity contribution in [1.82, 2.24) is 10.2 Å². The lowest BCUT2D eigenvalue weighted by Crippen LogP contribution is -2.36. The van der Waals surface area contributed by atoms with E-state index in [-0.39, 0.29) is 18.2 Å². The van der Waals surface area contributed by atoms with Crippen LogP contribution in [0.4, 0.5) is 0 Å². The third-order valence-corrected chi connectivity index (χ3v) is 4.40. The lowest BCUT2D eigenvalue weighted by atomic mass is 9.93. The van der Waals surface area contributed by atoms with Gasteiger partial charge in [-0.2, -0.15) is 0 Å². The van der Waals surface area contributed by atoms with Crippen LogP contribution in [0.3, 0.4) is 0 Å². The topological polar surface area (TPSA) is 72.8 Å². The van der Waals surface area contributed by atoms with Gasteiger partial charge < -0.3 is 20.4 Å². The molecule has 0 aliphatic carbocycles. The molecule has 1 amide bonds. The van der Waals surface area contributed by atoms with E-state index in [1.807, 2.05) is 0 Å². The lowest BCUT2D eigenvalue weighted by Gasteiger charge is -2.30. The number of carbonyl (C=O) groups is 1. The molecule has 3 N–H and O–H groups in total. The van der Waals surface area contributed by atoms with Crippen LogP contribution in [0.1, 0.15) is 37.9 Å². The third kappa shape index (κ3) is 5.00. The van der Waals surface area contributed by atoms with Crippen molar-refractivity contribution in [1.29, 1.82) is 0 Å². The van der Waals surface area contributed by atoms with Crippen molar-refractivity contribution in [2.75, 3.05) is 26.2 Å². The summed E-state index contributed by atoms with van der Waals surface area (Å²) in [5.41, 5.74) is 0.689. The van der Waals surface area contributed by atoms with Crippen LogP contribution in [-0.2, 0) is 4.79 Å². The second-order valence-corrected chi connectivity index (χ2v) is 5.99. The third-order valence-electron chi connectivity index (χ3n) is 4.40. The van der Waals surface area contributed by atoms with E-state index in [0.29, 0.717) is 17.9 Å². The van der Waals surface area contributed by atoms with Crippen molar-refractivity contribution < 1.29 is 15.0 Å². The molecule has 1 atom stereocenters. The fourth-order valence-corrected chi connectivity index (χ4v) is 2.87. The Morgan fingerprint density at radius 1 is 1.32 bits per heavy atom. The number of nitrogens with one attached hydrogen (secondary N) is 1. The van der Waals surface area contributed by atoms with E-state index in [1.54, 1.807) is 12.1 Å². The summed E-state index contributed by atoms with van der Waals surface area (Å²) in [6.07, 6.45) is 1.94. The molecule has 1 heterocycles. The van der Waals surface area contributed by atoms with Crippen LogP contribution in [0, 0.1) is 5.92 Å². The first-order valence-electron chi connectivity index (χ1n) is 8.04. The van der Waals surface area contributed by atoms with Crippen molar-refractivity contribution in [3.05, 3.63) is 29.8 Å². The van der Waals surface area contributed by atoms with Crippen LogP contribution in [0.25, 0.3) is 0 Å². The van der Waals surface area contributed by atoms with Gasteiger partial charge in [0.05, 0.1) is 6.10 Å². The molecule has 1 unspecified atom stereocenters. The first kappa shape index (κ1) is 16.8. The summed E-state index contributed by atoms with van der Waals surface area (Å²) in [6, 6.07) is 6.38.